The van der Waals surface area contributed by atoms with Crippen LogP contribution in [-0.2, 0) is 11.2 Å². The summed E-state index contributed by atoms with van der Waals surface area (Å²) in [4.78, 5) is 0. The van der Waals surface area contributed by atoms with Crippen molar-refractivity contribution < 1.29 is 4.74 Å². The van der Waals surface area contributed by atoms with Gasteiger partial charge in [0.15, 0.2) is 0 Å². The Morgan fingerprint density at radius 3 is 2.88 bits per heavy atom. The second-order valence-electron chi connectivity index (χ2n) is 4.20. The maximum absolute atomic E-state index is 5.77. The molecule has 2 rings (SSSR count). The third-order valence-corrected chi connectivity index (χ3v) is 3.05. The van der Waals surface area contributed by atoms with Crippen LogP contribution < -0.4 is 5.32 Å². The van der Waals surface area contributed by atoms with Gasteiger partial charge >= 0.3 is 0 Å². The van der Waals surface area contributed by atoms with E-state index in [1.165, 1.54) is 5.56 Å². The molecular formula is C14H19NO. The topological polar surface area (TPSA) is 21.3 Å². The van der Waals surface area contributed by atoms with Gasteiger partial charge in [-0.25, -0.2) is 0 Å². The number of nitrogens with one attached hydrogen (secondary N) is 1. The van der Waals surface area contributed by atoms with E-state index in [2.05, 4.69) is 36.2 Å². The molecule has 16 heavy (non-hydrogen) atoms. The summed E-state index contributed by atoms with van der Waals surface area (Å²) in [5.74, 6) is 0.398. The Kier molecular flexibility index (Phi) is 4.14. The van der Waals surface area contributed by atoms with E-state index >= 15 is 0 Å². The van der Waals surface area contributed by atoms with Crippen molar-refractivity contribution in [2.45, 2.75) is 12.5 Å². The normalized spacial score (nSPS) is 22.6. The van der Waals surface area contributed by atoms with Crippen LogP contribution in [0.5, 0.6) is 0 Å². The minimum atomic E-state index is 0.270. The van der Waals surface area contributed by atoms with Crippen LogP contribution in [0.2, 0.25) is 0 Å². The molecule has 0 aromatic heterocycles. The van der Waals surface area contributed by atoms with Crippen molar-refractivity contribution in [3.63, 3.8) is 0 Å². The zero-order valence-corrected chi connectivity index (χ0v) is 9.56. The van der Waals surface area contributed by atoms with Gasteiger partial charge in [0.1, 0.15) is 0 Å². The fourth-order valence-corrected chi connectivity index (χ4v) is 2.11. The van der Waals surface area contributed by atoms with Crippen LogP contribution in [0.3, 0.4) is 0 Å². The van der Waals surface area contributed by atoms with E-state index in [0.717, 1.165) is 26.1 Å². The van der Waals surface area contributed by atoms with E-state index in [4.69, 9.17) is 4.74 Å². The van der Waals surface area contributed by atoms with E-state index in [9.17, 15) is 0 Å². The molecule has 2 unspecified atom stereocenters. The summed E-state index contributed by atoms with van der Waals surface area (Å²) >= 11 is 0. The lowest BCUT2D eigenvalue weighted by Crippen LogP contribution is -2.42. The Balaban J connectivity index is 1.97. The lowest BCUT2D eigenvalue weighted by molar-refractivity contribution is 0.00334. The van der Waals surface area contributed by atoms with Crippen LogP contribution in [0.1, 0.15) is 5.56 Å². The molecule has 1 aliphatic heterocycles. The Hall–Kier alpha value is -1.12. The van der Waals surface area contributed by atoms with Gasteiger partial charge in [-0.1, -0.05) is 36.4 Å². The first kappa shape index (κ1) is 11.4. The molecule has 0 aliphatic carbocycles. The molecule has 1 heterocycles. The van der Waals surface area contributed by atoms with Crippen molar-refractivity contribution in [1.82, 2.24) is 5.32 Å². The van der Waals surface area contributed by atoms with Gasteiger partial charge in [0, 0.05) is 19.0 Å². The molecule has 86 valence electrons. The van der Waals surface area contributed by atoms with Gasteiger partial charge in [-0.3, -0.25) is 0 Å². The number of morpholine rings is 1. The van der Waals surface area contributed by atoms with Crippen LogP contribution in [0.15, 0.2) is 43.0 Å². The molecule has 0 amide bonds. The van der Waals surface area contributed by atoms with Gasteiger partial charge in [0.05, 0.1) is 12.7 Å². The Morgan fingerprint density at radius 2 is 2.25 bits per heavy atom. The van der Waals surface area contributed by atoms with Gasteiger partial charge in [-0.2, -0.15) is 0 Å². The fraction of sp³-hybridized carbons (Fsp3) is 0.429. The maximum Gasteiger partial charge on any atom is 0.0765 e. The first-order valence-corrected chi connectivity index (χ1v) is 5.89. The largest absolute Gasteiger partial charge is 0.375 e. The summed E-state index contributed by atoms with van der Waals surface area (Å²) in [7, 11) is 0. The van der Waals surface area contributed by atoms with Gasteiger partial charge in [0.2, 0.25) is 0 Å². The molecule has 0 saturated carbocycles. The maximum atomic E-state index is 5.77. The molecule has 1 aromatic rings. The standard InChI is InChI=1S/C14H19NO/c1-2-13(14-11-15-8-9-16-14)10-12-6-4-3-5-7-12/h2-7,13-15H,1,8-11H2. The summed E-state index contributed by atoms with van der Waals surface area (Å²) in [6.07, 6.45) is 3.30. The SMILES string of the molecule is C=CC(Cc1ccccc1)C1CNCCO1. The molecule has 2 nitrogen and oxygen atoms in total. The lowest BCUT2D eigenvalue weighted by atomic mass is 9.93. The van der Waals surface area contributed by atoms with E-state index in [-0.39, 0.29) is 6.10 Å². The zero-order chi connectivity index (χ0) is 11.2. The van der Waals surface area contributed by atoms with Crippen molar-refractivity contribution in [3.05, 3.63) is 48.6 Å². The summed E-state index contributed by atoms with van der Waals surface area (Å²) in [5.41, 5.74) is 1.35. The number of rotatable bonds is 4. The first-order chi connectivity index (χ1) is 7.90. The molecule has 2 heteroatoms. The molecule has 1 saturated heterocycles. The van der Waals surface area contributed by atoms with Crippen molar-refractivity contribution >= 4 is 0 Å². The van der Waals surface area contributed by atoms with Crippen molar-refractivity contribution in [3.8, 4) is 0 Å². The average Bonchev–Trinajstić information content (AvgIpc) is 2.38. The lowest BCUT2D eigenvalue weighted by Gasteiger charge is -2.29. The molecule has 1 aromatic carbocycles. The summed E-state index contributed by atoms with van der Waals surface area (Å²) in [6, 6.07) is 10.5. The molecule has 0 bridgehead atoms. The highest BCUT2D eigenvalue weighted by atomic mass is 16.5. The van der Waals surface area contributed by atoms with Gasteiger partial charge in [-0.05, 0) is 12.0 Å². The summed E-state index contributed by atoms with van der Waals surface area (Å²) in [6.45, 7) is 6.63. The fourth-order valence-electron chi connectivity index (χ4n) is 2.11. The third kappa shape index (κ3) is 2.94. The minimum absolute atomic E-state index is 0.270. The molecule has 1 aliphatic rings. The molecular weight excluding hydrogens is 198 g/mol. The smallest absolute Gasteiger partial charge is 0.0765 e. The van der Waals surface area contributed by atoms with E-state index in [0.29, 0.717) is 5.92 Å². The Morgan fingerprint density at radius 1 is 1.44 bits per heavy atom. The second kappa shape index (κ2) is 5.83. The molecule has 1 fully saturated rings. The molecule has 1 N–H and O–H groups in total. The molecule has 2 atom stereocenters. The van der Waals surface area contributed by atoms with Gasteiger partial charge < -0.3 is 10.1 Å². The summed E-state index contributed by atoms with van der Waals surface area (Å²) < 4.78 is 5.77. The zero-order valence-electron chi connectivity index (χ0n) is 9.56. The summed E-state index contributed by atoms with van der Waals surface area (Å²) in [5, 5.41) is 3.36. The number of hydrogen-bond donors (Lipinski definition) is 1. The van der Waals surface area contributed by atoms with Crippen LogP contribution in [0.25, 0.3) is 0 Å². The first-order valence-electron chi connectivity index (χ1n) is 5.89. The highest BCUT2D eigenvalue weighted by Crippen LogP contribution is 2.17. The Labute approximate surface area is 97.3 Å². The monoisotopic (exact) mass is 217 g/mol. The number of benzene rings is 1. The number of hydrogen-bond acceptors (Lipinski definition) is 2. The predicted molar refractivity (Wildman–Crippen MR) is 66.4 cm³/mol. The highest BCUT2D eigenvalue weighted by molar-refractivity contribution is 5.16. The minimum Gasteiger partial charge on any atom is -0.375 e. The van der Waals surface area contributed by atoms with Crippen LogP contribution in [-0.4, -0.2) is 25.8 Å². The van der Waals surface area contributed by atoms with Crippen molar-refractivity contribution in [2.75, 3.05) is 19.7 Å². The van der Waals surface area contributed by atoms with E-state index in [1.807, 2.05) is 12.1 Å². The van der Waals surface area contributed by atoms with Crippen molar-refractivity contribution in [1.29, 1.82) is 0 Å². The predicted octanol–water partition coefficient (Wildman–Crippen LogP) is 2.02. The van der Waals surface area contributed by atoms with Crippen LogP contribution in [0, 0.1) is 5.92 Å². The van der Waals surface area contributed by atoms with E-state index in [1.54, 1.807) is 0 Å². The highest BCUT2D eigenvalue weighted by Gasteiger charge is 2.21. The van der Waals surface area contributed by atoms with Gasteiger partial charge in [-0.15, -0.1) is 6.58 Å². The molecule has 0 radical (unpaired) electrons. The second-order valence-corrected chi connectivity index (χ2v) is 4.20. The van der Waals surface area contributed by atoms with Crippen LogP contribution >= 0.6 is 0 Å². The number of ether oxygens (including phenoxy) is 1. The van der Waals surface area contributed by atoms with E-state index < -0.39 is 0 Å². The average molecular weight is 217 g/mol. The van der Waals surface area contributed by atoms with Crippen molar-refractivity contribution in [2.24, 2.45) is 5.92 Å². The van der Waals surface area contributed by atoms with Gasteiger partial charge in [0.25, 0.3) is 0 Å². The Bertz CT molecular complexity index is 317. The quantitative estimate of drug-likeness (QED) is 0.779. The van der Waals surface area contributed by atoms with Crippen LogP contribution in [0.4, 0.5) is 0 Å². The third-order valence-electron chi connectivity index (χ3n) is 3.05. The molecule has 0 spiro atoms.